The maximum absolute atomic E-state index is 12.3. The summed E-state index contributed by atoms with van der Waals surface area (Å²) in [6, 6.07) is -0.166. The normalized spacial score (nSPS) is 24.0. The summed E-state index contributed by atoms with van der Waals surface area (Å²) >= 11 is 0. The Bertz CT molecular complexity index is 511. The van der Waals surface area contributed by atoms with Crippen molar-refractivity contribution in [1.29, 1.82) is 0 Å². The zero-order chi connectivity index (χ0) is 17.1. The Morgan fingerprint density at radius 2 is 1.91 bits per heavy atom. The molecule has 2 heterocycles. The highest BCUT2D eigenvalue weighted by Crippen LogP contribution is 2.20. The lowest BCUT2D eigenvalue weighted by atomic mass is 10.2. The van der Waals surface area contributed by atoms with E-state index in [2.05, 4.69) is 4.72 Å². The molecule has 0 bridgehead atoms. The van der Waals surface area contributed by atoms with Crippen LogP contribution in [0.3, 0.4) is 0 Å². The minimum Gasteiger partial charge on any atom is -0.444 e. The molecule has 1 atom stereocenters. The third-order valence-corrected chi connectivity index (χ3v) is 5.39. The number of ether oxygens (including phenoxy) is 2. The highest BCUT2D eigenvalue weighted by molar-refractivity contribution is 7.87. The quantitative estimate of drug-likeness (QED) is 0.801. The van der Waals surface area contributed by atoms with Crippen molar-refractivity contribution in [2.24, 2.45) is 0 Å². The first-order chi connectivity index (χ1) is 10.7. The van der Waals surface area contributed by atoms with Gasteiger partial charge in [-0.1, -0.05) is 0 Å². The summed E-state index contributed by atoms with van der Waals surface area (Å²) in [5.74, 6) is 0. The van der Waals surface area contributed by atoms with Crippen LogP contribution in [0, 0.1) is 0 Å². The van der Waals surface area contributed by atoms with Gasteiger partial charge in [-0.3, -0.25) is 0 Å². The molecular formula is C14H27N3O5S. The summed E-state index contributed by atoms with van der Waals surface area (Å²) in [6.45, 7) is 7.79. The van der Waals surface area contributed by atoms with Crippen molar-refractivity contribution in [3.8, 4) is 0 Å². The van der Waals surface area contributed by atoms with Gasteiger partial charge in [-0.25, -0.2) is 9.52 Å². The van der Waals surface area contributed by atoms with Crippen LogP contribution < -0.4 is 4.72 Å². The number of carbonyl (C=O) groups is 1. The molecule has 134 valence electrons. The van der Waals surface area contributed by atoms with E-state index < -0.39 is 15.8 Å². The molecule has 0 aromatic carbocycles. The minimum atomic E-state index is -3.53. The highest BCUT2D eigenvalue weighted by Gasteiger charge is 2.33. The van der Waals surface area contributed by atoms with Crippen LogP contribution in [0.2, 0.25) is 0 Å². The van der Waals surface area contributed by atoms with Gasteiger partial charge in [-0.05, 0) is 33.6 Å². The van der Waals surface area contributed by atoms with Gasteiger partial charge in [0.25, 0.3) is 10.2 Å². The SMILES string of the molecule is CC(C)(C)OC(=O)N1CCC[C@@H]1CNS(=O)(=O)N1CCOCC1. The standard InChI is InChI=1S/C14H27N3O5S/c1-14(2,3)22-13(18)17-6-4-5-12(17)11-15-23(19,20)16-7-9-21-10-8-16/h12,15H,4-11H2,1-3H3/t12-/m1/s1. The van der Waals surface area contributed by atoms with E-state index in [0.29, 0.717) is 32.8 Å². The van der Waals surface area contributed by atoms with Crippen LogP contribution >= 0.6 is 0 Å². The number of likely N-dealkylation sites (tertiary alicyclic amines) is 1. The topological polar surface area (TPSA) is 88.2 Å². The first kappa shape index (κ1) is 18.4. The molecule has 9 heteroatoms. The van der Waals surface area contributed by atoms with Gasteiger partial charge in [0, 0.05) is 32.2 Å². The molecule has 0 saturated carbocycles. The van der Waals surface area contributed by atoms with Gasteiger partial charge in [0.1, 0.15) is 5.60 Å². The molecular weight excluding hydrogens is 322 g/mol. The van der Waals surface area contributed by atoms with Crippen LogP contribution in [-0.2, 0) is 19.7 Å². The van der Waals surface area contributed by atoms with E-state index in [1.165, 1.54) is 4.31 Å². The lowest BCUT2D eigenvalue weighted by Crippen LogP contribution is -2.50. The molecule has 0 aromatic heterocycles. The van der Waals surface area contributed by atoms with Gasteiger partial charge < -0.3 is 14.4 Å². The van der Waals surface area contributed by atoms with Gasteiger partial charge in [-0.2, -0.15) is 12.7 Å². The van der Waals surface area contributed by atoms with Crippen molar-refractivity contribution in [2.45, 2.75) is 45.3 Å². The second-order valence-corrected chi connectivity index (χ2v) is 8.59. The largest absolute Gasteiger partial charge is 0.444 e. The van der Waals surface area contributed by atoms with E-state index >= 15 is 0 Å². The Hall–Kier alpha value is -0.900. The number of hydrogen-bond acceptors (Lipinski definition) is 5. The average Bonchev–Trinajstić information content (AvgIpc) is 2.93. The molecule has 23 heavy (non-hydrogen) atoms. The number of amides is 1. The fourth-order valence-electron chi connectivity index (χ4n) is 2.69. The molecule has 2 fully saturated rings. The summed E-state index contributed by atoms with van der Waals surface area (Å²) in [5.41, 5.74) is -0.558. The van der Waals surface area contributed by atoms with Crippen molar-refractivity contribution in [3.63, 3.8) is 0 Å². The molecule has 0 radical (unpaired) electrons. The van der Waals surface area contributed by atoms with Crippen molar-refractivity contribution in [1.82, 2.24) is 13.9 Å². The van der Waals surface area contributed by atoms with E-state index in [4.69, 9.17) is 9.47 Å². The predicted octanol–water partition coefficient (Wildman–Crippen LogP) is 0.553. The van der Waals surface area contributed by atoms with E-state index in [1.54, 1.807) is 4.90 Å². The maximum atomic E-state index is 12.3. The summed E-state index contributed by atoms with van der Waals surface area (Å²) in [4.78, 5) is 13.8. The molecule has 2 aliphatic heterocycles. The Morgan fingerprint density at radius 3 is 2.52 bits per heavy atom. The number of nitrogens with zero attached hydrogens (tertiary/aromatic N) is 2. The second-order valence-electron chi connectivity index (χ2n) is 6.83. The van der Waals surface area contributed by atoms with E-state index in [-0.39, 0.29) is 18.7 Å². The molecule has 8 nitrogen and oxygen atoms in total. The van der Waals surface area contributed by atoms with Crippen LogP contribution in [-0.4, -0.2) is 74.8 Å². The zero-order valence-electron chi connectivity index (χ0n) is 14.1. The first-order valence-corrected chi connectivity index (χ1v) is 9.45. The first-order valence-electron chi connectivity index (χ1n) is 8.01. The number of rotatable bonds is 4. The summed E-state index contributed by atoms with van der Waals surface area (Å²) in [6.07, 6.45) is 1.24. The molecule has 2 saturated heterocycles. The Kier molecular flexibility index (Phi) is 5.88. The summed E-state index contributed by atoms with van der Waals surface area (Å²) < 4.78 is 39.1. The van der Waals surface area contributed by atoms with Crippen LogP contribution in [0.1, 0.15) is 33.6 Å². The lowest BCUT2D eigenvalue weighted by molar-refractivity contribution is 0.0229. The fourth-order valence-corrected chi connectivity index (χ4v) is 3.90. The second kappa shape index (κ2) is 7.33. The molecule has 0 aromatic rings. The predicted molar refractivity (Wildman–Crippen MR) is 85.3 cm³/mol. The number of carbonyl (C=O) groups excluding carboxylic acids is 1. The highest BCUT2D eigenvalue weighted by atomic mass is 32.2. The van der Waals surface area contributed by atoms with Gasteiger partial charge in [-0.15, -0.1) is 0 Å². The molecule has 1 N–H and O–H groups in total. The van der Waals surface area contributed by atoms with Gasteiger partial charge in [0.05, 0.1) is 13.2 Å². The van der Waals surface area contributed by atoms with Gasteiger partial charge >= 0.3 is 6.09 Å². The van der Waals surface area contributed by atoms with Crippen molar-refractivity contribution in [3.05, 3.63) is 0 Å². The van der Waals surface area contributed by atoms with Crippen molar-refractivity contribution >= 4 is 16.3 Å². The Balaban J connectivity index is 1.89. The van der Waals surface area contributed by atoms with Gasteiger partial charge in [0.2, 0.25) is 0 Å². The average molecular weight is 349 g/mol. The zero-order valence-corrected chi connectivity index (χ0v) is 14.9. The van der Waals surface area contributed by atoms with Crippen molar-refractivity contribution in [2.75, 3.05) is 39.4 Å². The molecule has 0 aliphatic carbocycles. The Morgan fingerprint density at radius 1 is 1.26 bits per heavy atom. The molecule has 0 spiro atoms. The molecule has 2 aliphatic rings. The van der Waals surface area contributed by atoms with Crippen LogP contribution in [0.15, 0.2) is 0 Å². The molecule has 2 rings (SSSR count). The minimum absolute atomic E-state index is 0.166. The van der Waals surface area contributed by atoms with E-state index in [1.807, 2.05) is 20.8 Å². The van der Waals surface area contributed by atoms with Crippen LogP contribution in [0.4, 0.5) is 4.79 Å². The number of morpholine rings is 1. The van der Waals surface area contributed by atoms with Gasteiger partial charge in [0.15, 0.2) is 0 Å². The monoisotopic (exact) mass is 349 g/mol. The lowest BCUT2D eigenvalue weighted by Gasteiger charge is -2.30. The summed E-state index contributed by atoms with van der Waals surface area (Å²) in [7, 11) is -3.53. The number of hydrogen-bond donors (Lipinski definition) is 1. The third kappa shape index (κ3) is 5.30. The van der Waals surface area contributed by atoms with Crippen LogP contribution in [0.5, 0.6) is 0 Å². The molecule has 0 unspecified atom stereocenters. The fraction of sp³-hybridized carbons (Fsp3) is 0.929. The Labute approximate surface area is 138 Å². The third-order valence-electron chi connectivity index (χ3n) is 3.82. The smallest absolute Gasteiger partial charge is 0.410 e. The van der Waals surface area contributed by atoms with E-state index in [9.17, 15) is 13.2 Å². The van der Waals surface area contributed by atoms with E-state index in [0.717, 1.165) is 12.8 Å². The number of nitrogens with one attached hydrogen (secondary N) is 1. The van der Waals surface area contributed by atoms with Crippen LogP contribution in [0.25, 0.3) is 0 Å². The molecule has 1 amide bonds. The van der Waals surface area contributed by atoms with Crippen molar-refractivity contribution < 1.29 is 22.7 Å². The summed E-state index contributed by atoms with van der Waals surface area (Å²) in [5, 5.41) is 0. The maximum Gasteiger partial charge on any atom is 0.410 e.